The maximum absolute atomic E-state index is 12.2. The Labute approximate surface area is 201 Å². The monoisotopic (exact) mass is 480 g/mol. The topological polar surface area (TPSA) is 140 Å². The van der Waals surface area contributed by atoms with Gasteiger partial charge in [0.05, 0.1) is 33.2 Å². The van der Waals surface area contributed by atoms with Crippen LogP contribution in [-0.2, 0) is 20.9 Å². The Hall–Kier alpha value is -4.80. The number of ether oxygens (including phenoxy) is 3. The number of amides is 3. The summed E-state index contributed by atoms with van der Waals surface area (Å²) in [5, 5.41) is 8.89. The zero-order chi connectivity index (χ0) is 25.0. The normalized spacial score (nSPS) is 10.5. The van der Waals surface area contributed by atoms with E-state index in [0.717, 1.165) is 0 Å². The number of furan rings is 1. The van der Waals surface area contributed by atoms with Gasteiger partial charge in [-0.05, 0) is 48.0 Å². The maximum Gasteiger partial charge on any atom is 0.329 e. The molecule has 1 heterocycles. The van der Waals surface area contributed by atoms with Crippen LogP contribution in [0, 0.1) is 0 Å². The fourth-order valence-electron chi connectivity index (χ4n) is 2.80. The first-order valence-corrected chi connectivity index (χ1v) is 10.4. The van der Waals surface area contributed by atoms with Crippen LogP contribution in [0.3, 0.4) is 0 Å². The number of anilines is 1. The van der Waals surface area contributed by atoms with Crippen molar-refractivity contribution in [2.45, 2.75) is 6.54 Å². The molecular weight excluding hydrogens is 456 g/mol. The average molecular weight is 480 g/mol. The van der Waals surface area contributed by atoms with Crippen molar-refractivity contribution in [3.05, 3.63) is 72.2 Å². The summed E-state index contributed by atoms with van der Waals surface area (Å²) in [6, 6.07) is 15.1. The first-order valence-electron chi connectivity index (χ1n) is 10.4. The van der Waals surface area contributed by atoms with Crippen molar-refractivity contribution in [1.82, 2.24) is 10.7 Å². The van der Waals surface area contributed by atoms with Crippen LogP contribution in [0.4, 0.5) is 5.69 Å². The van der Waals surface area contributed by atoms with E-state index in [1.165, 1.54) is 19.6 Å². The number of rotatable bonds is 10. The van der Waals surface area contributed by atoms with Gasteiger partial charge in [-0.2, -0.15) is 5.10 Å². The molecule has 3 aromatic rings. The molecule has 0 bridgehead atoms. The van der Waals surface area contributed by atoms with E-state index in [1.807, 2.05) is 0 Å². The Morgan fingerprint density at radius 3 is 2.57 bits per heavy atom. The first kappa shape index (κ1) is 24.8. The molecule has 35 heavy (non-hydrogen) atoms. The molecule has 0 aliphatic carbocycles. The molecule has 0 spiro atoms. The Balaban J connectivity index is 1.49. The largest absolute Gasteiger partial charge is 0.497 e. The van der Waals surface area contributed by atoms with Gasteiger partial charge in [0.1, 0.15) is 11.5 Å². The predicted molar refractivity (Wildman–Crippen MR) is 126 cm³/mol. The van der Waals surface area contributed by atoms with Crippen molar-refractivity contribution in [3.63, 3.8) is 0 Å². The molecule has 3 N–H and O–H groups in total. The molecule has 11 nitrogen and oxygen atoms in total. The second-order valence-electron chi connectivity index (χ2n) is 6.94. The highest BCUT2D eigenvalue weighted by Gasteiger charge is 2.13. The van der Waals surface area contributed by atoms with Gasteiger partial charge in [-0.3, -0.25) is 14.4 Å². The molecule has 0 saturated carbocycles. The van der Waals surface area contributed by atoms with Gasteiger partial charge in [0, 0.05) is 11.8 Å². The second kappa shape index (κ2) is 12.4. The van der Waals surface area contributed by atoms with E-state index in [0.29, 0.717) is 34.3 Å². The van der Waals surface area contributed by atoms with Crippen LogP contribution in [0.2, 0.25) is 0 Å². The molecule has 182 valence electrons. The van der Waals surface area contributed by atoms with Crippen molar-refractivity contribution < 1.29 is 33.0 Å². The van der Waals surface area contributed by atoms with Crippen LogP contribution in [0.25, 0.3) is 0 Å². The molecule has 3 rings (SSSR count). The minimum absolute atomic E-state index is 0.0825. The Morgan fingerprint density at radius 1 is 0.971 bits per heavy atom. The van der Waals surface area contributed by atoms with Gasteiger partial charge in [0.25, 0.3) is 5.91 Å². The smallest absolute Gasteiger partial charge is 0.329 e. The molecule has 0 unspecified atom stereocenters. The Bertz CT molecular complexity index is 1190. The van der Waals surface area contributed by atoms with Crippen LogP contribution < -0.4 is 30.3 Å². The van der Waals surface area contributed by atoms with Crippen molar-refractivity contribution in [3.8, 4) is 17.2 Å². The first-order chi connectivity index (χ1) is 17.0. The highest BCUT2D eigenvalue weighted by atomic mass is 16.5. The maximum atomic E-state index is 12.2. The summed E-state index contributed by atoms with van der Waals surface area (Å²) in [6.07, 6.45) is 2.80. The molecular formula is C24H24N4O7. The number of hydrogen-bond donors (Lipinski definition) is 3. The van der Waals surface area contributed by atoms with Crippen LogP contribution >= 0.6 is 0 Å². The fourth-order valence-corrected chi connectivity index (χ4v) is 2.80. The summed E-state index contributed by atoms with van der Waals surface area (Å²) in [7, 11) is 2.99. The third kappa shape index (κ3) is 7.63. The Kier molecular flexibility index (Phi) is 8.83. The van der Waals surface area contributed by atoms with E-state index in [9.17, 15) is 14.4 Å². The van der Waals surface area contributed by atoms with Gasteiger partial charge >= 0.3 is 11.8 Å². The summed E-state index contributed by atoms with van der Waals surface area (Å²) in [4.78, 5) is 35.8. The number of hydrogen-bond acceptors (Lipinski definition) is 8. The van der Waals surface area contributed by atoms with E-state index in [4.69, 9.17) is 18.6 Å². The quantitative estimate of drug-likeness (QED) is 0.229. The van der Waals surface area contributed by atoms with Crippen molar-refractivity contribution in [2.24, 2.45) is 5.10 Å². The van der Waals surface area contributed by atoms with Gasteiger partial charge in [-0.1, -0.05) is 6.07 Å². The highest BCUT2D eigenvalue weighted by Crippen LogP contribution is 2.27. The molecule has 11 heteroatoms. The van der Waals surface area contributed by atoms with E-state index in [2.05, 4.69) is 21.2 Å². The van der Waals surface area contributed by atoms with E-state index < -0.39 is 11.8 Å². The minimum Gasteiger partial charge on any atom is -0.497 e. The third-order valence-corrected chi connectivity index (χ3v) is 4.49. The lowest BCUT2D eigenvalue weighted by Gasteiger charge is -2.12. The van der Waals surface area contributed by atoms with Crippen LogP contribution in [0.15, 0.2) is 70.4 Å². The zero-order valence-corrected chi connectivity index (χ0v) is 19.1. The molecule has 0 radical (unpaired) electrons. The van der Waals surface area contributed by atoms with Crippen LogP contribution in [0.1, 0.15) is 11.3 Å². The number of nitrogens with one attached hydrogen (secondary N) is 3. The highest BCUT2D eigenvalue weighted by molar-refractivity contribution is 6.35. The SMILES string of the molecule is COc1cccc(NC(=O)COc2ccc(/C=N\NC(=O)C(=O)NCc3ccco3)cc2OC)c1. The average Bonchev–Trinajstić information content (AvgIpc) is 3.40. The molecule has 0 aliphatic rings. The zero-order valence-electron chi connectivity index (χ0n) is 19.1. The van der Waals surface area contributed by atoms with Crippen molar-refractivity contribution in [2.75, 3.05) is 26.1 Å². The molecule has 0 saturated heterocycles. The fraction of sp³-hybridized carbons (Fsp3) is 0.167. The summed E-state index contributed by atoms with van der Waals surface area (Å²) < 4.78 is 21.1. The number of carbonyl (C=O) groups is 3. The molecule has 2 aromatic carbocycles. The summed E-state index contributed by atoms with van der Waals surface area (Å²) >= 11 is 0. The van der Waals surface area contributed by atoms with Gasteiger partial charge in [-0.15, -0.1) is 0 Å². The summed E-state index contributed by atoms with van der Waals surface area (Å²) in [6.45, 7) is -0.163. The van der Waals surface area contributed by atoms with Crippen molar-refractivity contribution in [1.29, 1.82) is 0 Å². The van der Waals surface area contributed by atoms with Crippen molar-refractivity contribution >= 4 is 29.6 Å². The Morgan fingerprint density at radius 2 is 1.83 bits per heavy atom. The molecule has 3 amide bonds. The number of carbonyl (C=O) groups excluding carboxylic acids is 3. The second-order valence-corrected chi connectivity index (χ2v) is 6.94. The number of hydrazone groups is 1. The molecule has 1 aromatic heterocycles. The predicted octanol–water partition coefficient (Wildman–Crippen LogP) is 2.08. The summed E-state index contributed by atoms with van der Waals surface area (Å²) in [5.41, 5.74) is 3.28. The number of methoxy groups -OCH3 is 2. The lowest BCUT2D eigenvalue weighted by Crippen LogP contribution is -2.37. The lowest BCUT2D eigenvalue weighted by atomic mass is 10.2. The molecule has 0 fully saturated rings. The summed E-state index contributed by atoms with van der Waals surface area (Å²) in [5.74, 6) is -0.319. The van der Waals surface area contributed by atoms with Gasteiger partial charge in [0.2, 0.25) is 0 Å². The molecule has 0 atom stereocenters. The number of benzene rings is 2. The van der Waals surface area contributed by atoms with Crippen LogP contribution in [-0.4, -0.2) is 44.8 Å². The van der Waals surface area contributed by atoms with E-state index in [-0.39, 0.29) is 19.1 Å². The van der Waals surface area contributed by atoms with E-state index >= 15 is 0 Å². The third-order valence-electron chi connectivity index (χ3n) is 4.49. The lowest BCUT2D eigenvalue weighted by molar-refractivity contribution is -0.139. The number of nitrogens with zero attached hydrogens (tertiary/aromatic N) is 1. The van der Waals surface area contributed by atoms with Gasteiger partial charge in [0.15, 0.2) is 18.1 Å². The standard InChI is InChI=1S/C24H24N4O7/c1-32-18-6-3-5-17(12-18)27-22(29)15-35-20-9-8-16(11-21(20)33-2)13-26-28-24(31)23(30)25-14-19-7-4-10-34-19/h3-13H,14-15H2,1-2H3,(H,25,30)(H,27,29)(H,28,31)/b26-13-. The van der Waals surface area contributed by atoms with E-state index in [1.54, 1.807) is 61.7 Å². The van der Waals surface area contributed by atoms with Crippen LogP contribution in [0.5, 0.6) is 17.2 Å². The van der Waals surface area contributed by atoms with Gasteiger partial charge < -0.3 is 29.3 Å². The minimum atomic E-state index is -0.929. The molecule has 0 aliphatic heterocycles. The van der Waals surface area contributed by atoms with Gasteiger partial charge in [-0.25, -0.2) is 5.43 Å².